The minimum Gasteiger partial charge on any atom is -0.456 e. The van der Waals surface area contributed by atoms with Gasteiger partial charge in [-0.3, -0.25) is 0 Å². The van der Waals surface area contributed by atoms with Crippen molar-refractivity contribution in [3.8, 4) is 22.3 Å². The summed E-state index contributed by atoms with van der Waals surface area (Å²) in [4.78, 5) is 10.9. The van der Waals surface area contributed by atoms with E-state index in [-0.39, 0.29) is 0 Å². The zero-order valence-corrected chi connectivity index (χ0v) is 29.0. The molecule has 0 aliphatic carbocycles. The lowest BCUT2D eigenvalue weighted by Gasteiger charge is -2.24. The Hall–Kier alpha value is -7.24. The highest BCUT2D eigenvalue weighted by Gasteiger charge is 2.28. The quantitative estimate of drug-likeness (QED) is 0.195. The second kappa shape index (κ2) is 12.2. The van der Waals surface area contributed by atoms with Crippen molar-refractivity contribution in [3.05, 3.63) is 193 Å². The Kier molecular flexibility index (Phi) is 6.85. The Morgan fingerprint density at radius 3 is 1.87 bits per heavy atom. The summed E-state index contributed by atoms with van der Waals surface area (Å²) in [6.45, 7) is 0. The summed E-state index contributed by atoms with van der Waals surface area (Å²) in [5.41, 5.74) is 10.5. The van der Waals surface area contributed by atoms with Gasteiger partial charge in [-0.25, -0.2) is 9.98 Å². The lowest BCUT2D eigenvalue weighted by atomic mass is 9.92. The highest BCUT2D eigenvalue weighted by molar-refractivity contribution is 6.18. The summed E-state index contributed by atoms with van der Waals surface area (Å²) in [6.07, 6.45) is -0.615. The van der Waals surface area contributed by atoms with Crippen molar-refractivity contribution < 1.29 is 8.83 Å². The summed E-state index contributed by atoms with van der Waals surface area (Å²) >= 11 is 0. The van der Waals surface area contributed by atoms with E-state index in [1.54, 1.807) is 0 Å². The number of aliphatic imine (C=N–C) groups is 2. The Labute approximate surface area is 310 Å². The first kappa shape index (κ1) is 30.4. The van der Waals surface area contributed by atoms with E-state index >= 15 is 0 Å². The number of furan rings is 2. The Morgan fingerprint density at radius 1 is 0.407 bits per heavy atom. The van der Waals surface area contributed by atoms with Crippen molar-refractivity contribution in [2.45, 2.75) is 6.17 Å². The average molecular weight is 694 g/mol. The molecule has 0 saturated carbocycles. The molecule has 0 bridgehead atoms. The summed E-state index contributed by atoms with van der Waals surface area (Å²) in [5.74, 6) is 1.50. The number of amidine groups is 2. The zero-order chi connectivity index (χ0) is 35.6. The highest BCUT2D eigenvalue weighted by atomic mass is 16.3. The molecule has 0 spiro atoms. The van der Waals surface area contributed by atoms with Gasteiger partial charge in [-0.2, -0.15) is 0 Å². The van der Waals surface area contributed by atoms with Crippen LogP contribution in [-0.2, 0) is 0 Å². The van der Waals surface area contributed by atoms with Gasteiger partial charge in [0, 0.05) is 43.8 Å². The van der Waals surface area contributed by atoms with Crippen LogP contribution in [0.3, 0.4) is 0 Å². The number of nitrogens with one attached hydrogen (secondary N) is 1. The number of para-hydroxylation sites is 3. The molecule has 54 heavy (non-hydrogen) atoms. The van der Waals surface area contributed by atoms with E-state index in [1.165, 1.54) is 10.9 Å². The molecule has 1 unspecified atom stereocenters. The fourth-order valence-corrected chi connectivity index (χ4v) is 7.97. The molecule has 5 nitrogen and oxygen atoms in total. The van der Waals surface area contributed by atoms with E-state index in [1.807, 2.05) is 30.3 Å². The normalized spacial score (nSPS) is 14.5. The fraction of sp³-hybridized carbons (Fsp3) is 0.0204. The van der Waals surface area contributed by atoms with Crippen molar-refractivity contribution in [1.82, 2.24) is 5.32 Å². The summed E-state index contributed by atoms with van der Waals surface area (Å²) in [7, 11) is 0. The smallest absolute Gasteiger partial charge is 0.171 e. The SMILES string of the molecule is c1ccc(-c2ccc(C3=NC(c4c(-c5cccc6c5oc5ccccc56)ccc5oc6ccccc6c45)N=C(c4ccc5ccccc5c4)N3)cc2)cc1. The maximum Gasteiger partial charge on any atom is 0.171 e. The Morgan fingerprint density at radius 2 is 1.04 bits per heavy atom. The molecule has 1 aliphatic rings. The first-order valence-corrected chi connectivity index (χ1v) is 18.2. The predicted octanol–water partition coefficient (Wildman–Crippen LogP) is 12.5. The molecule has 2 aromatic heterocycles. The van der Waals surface area contributed by atoms with Gasteiger partial charge < -0.3 is 14.2 Å². The van der Waals surface area contributed by atoms with Crippen LogP contribution in [-0.4, -0.2) is 11.7 Å². The van der Waals surface area contributed by atoms with Crippen molar-refractivity contribution in [1.29, 1.82) is 0 Å². The zero-order valence-electron chi connectivity index (χ0n) is 29.0. The van der Waals surface area contributed by atoms with Gasteiger partial charge in [-0.05, 0) is 51.7 Å². The molecule has 254 valence electrons. The number of benzene rings is 8. The van der Waals surface area contributed by atoms with Crippen LogP contribution in [0, 0.1) is 0 Å². The second-order valence-corrected chi connectivity index (χ2v) is 13.7. The molecular weight excluding hydrogens is 663 g/mol. The minimum atomic E-state index is -0.615. The van der Waals surface area contributed by atoms with Crippen LogP contribution in [0.1, 0.15) is 22.9 Å². The number of hydrogen-bond donors (Lipinski definition) is 1. The second-order valence-electron chi connectivity index (χ2n) is 13.7. The first-order valence-electron chi connectivity index (χ1n) is 18.2. The van der Waals surface area contributed by atoms with E-state index in [4.69, 9.17) is 18.8 Å². The van der Waals surface area contributed by atoms with Gasteiger partial charge >= 0.3 is 0 Å². The molecule has 1 N–H and O–H groups in total. The Bertz CT molecular complexity index is 3130. The highest BCUT2D eigenvalue weighted by Crippen LogP contribution is 2.45. The fourth-order valence-electron chi connectivity index (χ4n) is 7.97. The monoisotopic (exact) mass is 693 g/mol. The summed E-state index contributed by atoms with van der Waals surface area (Å²) < 4.78 is 13.1. The van der Waals surface area contributed by atoms with Crippen LogP contribution in [0.15, 0.2) is 195 Å². The lowest BCUT2D eigenvalue weighted by molar-refractivity contribution is 0.666. The predicted molar refractivity (Wildman–Crippen MR) is 221 cm³/mol. The minimum absolute atomic E-state index is 0.615. The molecule has 0 fully saturated rings. The van der Waals surface area contributed by atoms with Crippen molar-refractivity contribution in [2.75, 3.05) is 0 Å². The van der Waals surface area contributed by atoms with Gasteiger partial charge in [-0.15, -0.1) is 0 Å². The van der Waals surface area contributed by atoms with Crippen LogP contribution in [0.4, 0.5) is 0 Å². The van der Waals surface area contributed by atoms with Gasteiger partial charge in [0.1, 0.15) is 34.0 Å². The number of fused-ring (bicyclic) bond motifs is 7. The average Bonchev–Trinajstić information content (AvgIpc) is 3.82. The molecule has 0 saturated heterocycles. The van der Waals surface area contributed by atoms with E-state index in [0.717, 1.165) is 94.3 Å². The van der Waals surface area contributed by atoms with Gasteiger partial charge in [0.25, 0.3) is 0 Å². The van der Waals surface area contributed by atoms with Gasteiger partial charge in [0.2, 0.25) is 0 Å². The third-order valence-corrected chi connectivity index (χ3v) is 10.6. The molecule has 1 atom stereocenters. The summed E-state index contributed by atoms with van der Waals surface area (Å²) in [6, 6.07) is 60.9. The van der Waals surface area contributed by atoms with Crippen molar-refractivity contribution >= 4 is 66.3 Å². The van der Waals surface area contributed by atoms with Gasteiger partial charge in [-0.1, -0.05) is 152 Å². The van der Waals surface area contributed by atoms with Gasteiger partial charge in [0.15, 0.2) is 6.17 Å². The third kappa shape index (κ3) is 4.94. The molecule has 10 aromatic rings. The summed E-state index contributed by atoms with van der Waals surface area (Å²) in [5, 5.41) is 10.1. The maximum absolute atomic E-state index is 6.62. The topological polar surface area (TPSA) is 63.0 Å². The van der Waals surface area contributed by atoms with Crippen LogP contribution in [0.5, 0.6) is 0 Å². The van der Waals surface area contributed by atoms with Crippen molar-refractivity contribution in [2.24, 2.45) is 9.98 Å². The number of hydrogen-bond acceptors (Lipinski definition) is 5. The molecule has 5 heteroatoms. The molecule has 8 aromatic carbocycles. The molecule has 11 rings (SSSR count). The van der Waals surface area contributed by atoms with E-state index in [0.29, 0.717) is 0 Å². The van der Waals surface area contributed by atoms with Gasteiger partial charge in [0.05, 0.1) is 0 Å². The molecule has 3 heterocycles. The molecule has 1 aliphatic heterocycles. The standard InChI is InChI=1S/C49H31N3O2/c1-2-11-30(12-3-1)32-21-24-33(25-22-32)47-50-48(35-26-23-31-13-4-5-14-34(31)29-35)52-49(51-47)45-37(27-28-43-44(45)40-16-7-9-20-42(40)53-43)39-18-10-17-38-36-15-6-8-19-41(36)54-46(38)39/h1-29,49H,(H,50,51,52). The van der Waals surface area contributed by atoms with Crippen LogP contribution in [0.25, 0.3) is 76.9 Å². The largest absolute Gasteiger partial charge is 0.456 e. The molecular formula is C49H31N3O2. The van der Waals surface area contributed by atoms with E-state index in [9.17, 15) is 0 Å². The first-order chi connectivity index (χ1) is 26.7. The van der Waals surface area contributed by atoms with Crippen molar-refractivity contribution in [3.63, 3.8) is 0 Å². The lowest BCUT2D eigenvalue weighted by Crippen LogP contribution is -2.36. The van der Waals surface area contributed by atoms with E-state index < -0.39 is 6.17 Å². The van der Waals surface area contributed by atoms with Crippen LogP contribution < -0.4 is 5.32 Å². The number of rotatable bonds is 5. The molecule has 0 radical (unpaired) electrons. The van der Waals surface area contributed by atoms with Crippen LogP contribution in [0.2, 0.25) is 0 Å². The Balaban J connectivity index is 1.17. The molecule has 0 amide bonds. The number of nitrogens with zero attached hydrogens (tertiary/aromatic N) is 2. The maximum atomic E-state index is 6.62. The third-order valence-electron chi connectivity index (χ3n) is 10.6. The van der Waals surface area contributed by atoms with E-state index in [2.05, 4.69) is 151 Å². The van der Waals surface area contributed by atoms with Crippen LogP contribution >= 0.6 is 0 Å².